The molecule has 0 aromatic carbocycles. The minimum Gasteiger partial charge on any atom is -0.469 e. The highest BCUT2D eigenvalue weighted by Gasteiger charge is 2.53. The van der Waals surface area contributed by atoms with Gasteiger partial charge in [0.25, 0.3) is 0 Å². The summed E-state index contributed by atoms with van der Waals surface area (Å²) in [6.07, 6.45) is 0.309. The maximum absolute atomic E-state index is 12.2. The number of ether oxygens (including phenoxy) is 3. The first-order valence-corrected chi connectivity index (χ1v) is 7.29. The second-order valence-corrected chi connectivity index (χ2v) is 6.36. The molecular weight excluding hydrogens is 276 g/mol. The molecule has 2 fully saturated rings. The molecule has 4 unspecified atom stereocenters. The van der Waals surface area contributed by atoms with Gasteiger partial charge in [-0.1, -0.05) is 6.92 Å². The van der Waals surface area contributed by atoms with Gasteiger partial charge in [-0.15, -0.1) is 0 Å². The third kappa shape index (κ3) is 2.89. The highest BCUT2D eigenvalue weighted by molar-refractivity contribution is 5.84. The summed E-state index contributed by atoms with van der Waals surface area (Å²) in [7, 11) is 1.29. The normalized spacial score (nSPS) is 31.5. The minimum absolute atomic E-state index is 0.277. The van der Waals surface area contributed by atoms with E-state index in [-0.39, 0.29) is 12.4 Å². The van der Waals surface area contributed by atoms with E-state index in [0.29, 0.717) is 12.8 Å². The third-order valence-electron chi connectivity index (χ3n) is 4.64. The highest BCUT2D eigenvalue weighted by Crippen LogP contribution is 2.41. The molecule has 1 saturated carbocycles. The van der Waals surface area contributed by atoms with Gasteiger partial charge in [0.1, 0.15) is 12.2 Å². The summed E-state index contributed by atoms with van der Waals surface area (Å²) in [6, 6.07) is 0. The van der Waals surface area contributed by atoms with Gasteiger partial charge in [0.05, 0.1) is 24.4 Å². The molecule has 118 valence electrons. The molecule has 1 heterocycles. The highest BCUT2D eigenvalue weighted by atomic mass is 16.6. The molecule has 2 aliphatic rings. The Kier molecular flexibility index (Phi) is 4.25. The van der Waals surface area contributed by atoms with Crippen LogP contribution in [0, 0.1) is 17.3 Å². The fraction of sp³-hybridized carbons (Fsp3) is 0.800. The van der Waals surface area contributed by atoms with Gasteiger partial charge in [0.2, 0.25) is 0 Å². The van der Waals surface area contributed by atoms with Crippen molar-refractivity contribution in [3.8, 4) is 0 Å². The molecule has 2 rings (SSSR count). The third-order valence-corrected chi connectivity index (χ3v) is 4.64. The zero-order valence-corrected chi connectivity index (χ0v) is 12.9. The summed E-state index contributed by atoms with van der Waals surface area (Å²) in [6.45, 7) is 5.52. The number of esters is 3. The van der Waals surface area contributed by atoms with Gasteiger partial charge in [-0.05, 0) is 20.3 Å². The number of rotatable bonds is 4. The predicted molar refractivity (Wildman–Crippen MR) is 72.1 cm³/mol. The zero-order valence-electron chi connectivity index (χ0n) is 12.9. The first kappa shape index (κ1) is 15.8. The van der Waals surface area contributed by atoms with Crippen LogP contribution in [0.25, 0.3) is 0 Å². The van der Waals surface area contributed by atoms with Gasteiger partial charge < -0.3 is 14.2 Å². The first-order valence-electron chi connectivity index (χ1n) is 7.29. The van der Waals surface area contributed by atoms with Gasteiger partial charge in [0, 0.05) is 12.8 Å². The molecule has 0 spiro atoms. The molecule has 2 bridgehead atoms. The average molecular weight is 298 g/mol. The summed E-state index contributed by atoms with van der Waals surface area (Å²) in [4.78, 5) is 35.8. The van der Waals surface area contributed by atoms with Gasteiger partial charge in [0.15, 0.2) is 0 Å². The fourth-order valence-corrected chi connectivity index (χ4v) is 2.73. The van der Waals surface area contributed by atoms with Crippen molar-refractivity contribution < 1.29 is 28.6 Å². The van der Waals surface area contributed by atoms with E-state index in [0.717, 1.165) is 0 Å². The molecule has 0 amide bonds. The molecule has 4 atom stereocenters. The summed E-state index contributed by atoms with van der Waals surface area (Å²) < 4.78 is 15.5. The molecule has 0 aromatic rings. The van der Waals surface area contributed by atoms with Crippen LogP contribution in [-0.2, 0) is 28.6 Å². The van der Waals surface area contributed by atoms with Gasteiger partial charge >= 0.3 is 17.9 Å². The number of methoxy groups -OCH3 is 1. The molecule has 0 aromatic heterocycles. The lowest BCUT2D eigenvalue weighted by atomic mass is 9.78. The van der Waals surface area contributed by atoms with Crippen molar-refractivity contribution in [1.29, 1.82) is 0 Å². The Morgan fingerprint density at radius 1 is 1.33 bits per heavy atom. The van der Waals surface area contributed by atoms with Crippen LogP contribution < -0.4 is 0 Å². The summed E-state index contributed by atoms with van der Waals surface area (Å²) in [5.41, 5.74) is -0.597. The largest absolute Gasteiger partial charge is 0.469 e. The minimum atomic E-state index is -0.597. The lowest BCUT2D eigenvalue weighted by Gasteiger charge is -2.32. The van der Waals surface area contributed by atoms with Crippen molar-refractivity contribution in [1.82, 2.24) is 0 Å². The van der Waals surface area contributed by atoms with E-state index < -0.39 is 41.4 Å². The lowest BCUT2D eigenvalue weighted by molar-refractivity contribution is -0.171. The maximum atomic E-state index is 12.2. The molecule has 1 saturated heterocycles. The molecular formula is C15H22O6. The maximum Gasteiger partial charge on any atom is 0.311 e. The van der Waals surface area contributed by atoms with Crippen LogP contribution in [0.2, 0.25) is 0 Å². The fourth-order valence-electron chi connectivity index (χ4n) is 2.73. The van der Waals surface area contributed by atoms with Gasteiger partial charge in [-0.3, -0.25) is 14.4 Å². The van der Waals surface area contributed by atoms with Crippen molar-refractivity contribution in [2.75, 3.05) is 7.11 Å². The molecule has 1 aliphatic heterocycles. The second kappa shape index (κ2) is 5.66. The molecule has 0 N–H and O–H groups in total. The van der Waals surface area contributed by atoms with E-state index in [1.165, 1.54) is 7.11 Å². The Morgan fingerprint density at radius 2 is 2.00 bits per heavy atom. The Bertz CT molecular complexity index is 455. The first-order chi connectivity index (χ1) is 9.80. The zero-order chi connectivity index (χ0) is 15.8. The Labute approximate surface area is 124 Å². The Morgan fingerprint density at radius 3 is 2.57 bits per heavy atom. The summed E-state index contributed by atoms with van der Waals surface area (Å²) >= 11 is 0. The number of hydrogen-bond donors (Lipinski definition) is 0. The van der Waals surface area contributed by atoms with Crippen molar-refractivity contribution in [3.63, 3.8) is 0 Å². The van der Waals surface area contributed by atoms with Crippen LogP contribution in [0.1, 0.15) is 40.0 Å². The number of carbonyl (C=O) groups is 3. The van der Waals surface area contributed by atoms with E-state index >= 15 is 0 Å². The van der Waals surface area contributed by atoms with Crippen molar-refractivity contribution in [2.45, 2.75) is 52.2 Å². The van der Waals surface area contributed by atoms with Crippen LogP contribution in [0.3, 0.4) is 0 Å². The topological polar surface area (TPSA) is 78.9 Å². The SMILES string of the molecule is CCC(C)(C)C(=O)OC1CC(C(=O)OC)C2CC1OC2=O. The number of fused-ring (bicyclic) bond motifs is 2. The smallest absolute Gasteiger partial charge is 0.311 e. The molecule has 6 nitrogen and oxygen atoms in total. The van der Waals surface area contributed by atoms with Gasteiger partial charge in [-0.25, -0.2) is 0 Å². The lowest BCUT2D eigenvalue weighted by Crippen LogP contribution is -2.42. The molecule has 21 heavy (non-hydrogen) atoms. The van der Waals surface area contributed by atoms with E-state index in [9.17, 15) is 14.4 Å². The molecule has 1 aliphatic carbocycles. The van der Waals surface area contributed by atoms with Crippen molar-refractivity contribution in [3.05, 3.63) is 0 Å². The second-order valence-electron chi connectivity index (χ2n) is 6.36. The predicted octanol–water partition coefficient (Wildman–Crippen LogP) is 1.46. The van der Waals surface area contributed by atoms with E-state index in [4.69, 9.17) is 14.2 Å². The molecule has 6 heteroatoms. The van der Waals surface area contributed by atoms with Crippen LogP contribution >= 0.6 is 0 Å². The van der Waals surface area contributed by atoms with Crippen LogP contribution in [0.15, 0.2) is 0 Å². The Hall–Kier alpha value is -1.59. The summed E-state index contributed by atoms with van der Waals surface area (Å²) in [5, 5.41) is 0. The monoisotopic (exact) mass is 298 g/mol. The van der Waals surface area contributed by atoms with Crippen molar-refractivity contribution in [2.24, 2.45) is 17.3 Å². The number of carbonyl (C=O) groups excluding carboxylic acids is 3. The van der Waals surface area contributed by atoms with Crippen LogP contribution in [0.4, 0.5) is 0 Å². The van der Waals surface area contributed by atoms with Crippen molar-refractivity contribution >= 4 is 17.9 Å². The number of hydrogen-bond acceptors (Lipinski definition) is 6. The van der Waals surface area contributed by atoms with E-state index in [1.54, 1.807) is 13.8 Å². The molecule has 0 radical (unpaired) electrons. The van der Waals surface area contributed by atoms with E-state index in [1.807, 2.05) is 6.92 Å². The van der Waals surface area contributed by atoms with Gasteiger partial charge in [-0.2, -0.15) is 0 Å². The summed E-state index contributed by atoms with van der Waals surface area (Å²) in [5.74, 6) is -2.25. The van der Waals surface area contributed by atoms with Crippen LogP contribution in [0.5, 0.6) is 0 Å². The standard InChI is InChI=1S/C15H22O6/c1-5-15(2,3)14(18)21-11-6-8(12(16)19-4)9-7-10(11)20-13(9)17/h8-11H,5-7H2,1-4H3. The van der Waals surface area contributed by atoms with E-state index in [2.05, 4.69) is 0 Å². The Balaban J connectivity index is 2.12. The quantitative estimate of drug-likeness (QED) is 0.577. The average Bonchev–Trinajstić information content (AvgIpc) is 2.78. The van der Waals surface area contributed by atoms with Crippen LogP contribution in [-0.4, -0.2) is 37.2 Å².